The van der Waals surface area contributed by atoms with Crippen molar-refractivity contribution >= 4 is 39.1 Å². The summed E-state index contributed by atoms with van der Waals surface area (Å²) in [6, 6.07) is 5.82. The summed E-state index contributed by atoms with van der Waals surface area (Å²) in [5.74, 6) is -0.934. The molecule has 0 bridgehead atoms. The van der Waals surface area contributed by atoms with Crippen LogP contribution < -0.4 is 16.6 Å². The summed E-state index contributed by atoms with van der Waals surface area (Å²) in [6.45, 7) is 1.85. The molecule has 0 radical (unpaired) electrons. The average molecular weight is 396 g/mol. The van der Waals surface area contributed by atoms with E-state index in [-0.39, 0.29) is 30.2 Å². The standard InChI is InChI=1S/C17H15ClFN3O3S/c1-2-21-16(24)15-13(5-6-26-15)22(17(21)25)9-14(23)20-8-10-3-4-12(19)11(18)7-10/h3-7H,2,8-9H2,1H3,(H,20,23). The minimum absolute atomic E-state index is 0.0250. The summed E-state index contributed by atoms with van der Waals surface area (Å²) in [5.41, 5.74) is 0.203. The van der Waals surface area contributed by atoms with Crippen molar-refractivity contribution in [2.75, 3.05) is 0 Å². The molecule has 2 heterocycles. The van der Waals surface area contributed by atoms with Gasteiger partial charge < -0.3 is 5.32 Å². The highest BCUT2D eigenvalue weighted by molar-refractivity contribution is 7.17. The Hall–Kier alpha value is -2.45. The van der Waals surface area contributed by atoms with Crippen LogP contribution in [0.25, 0.3) is 10.2 Å². The maximum Gasteiger partial charge on any atom is 0.331 e. The smallest absolute Gasteiger partial charge is 0.331 e. The molecule has 0 spiro atoms. The summed E-state index contributed by atoms with van der Waals surface area (Å²) in [7, 11) is 0. The second-order valence-electron chi connectivity index (χ2n) is 5.58. The number of fused-ring (bicyclic) bond motifs is 1. The Balaban J connectivity index is 1.83. The van der Waals surface area contributed by atoms with Crippen LogP contribution in [0, 0.1) is 5.82 Å². The zero-order valence-corrected chi connectivity index (χ0v) is 15.4. The van der Waals surface area contributed by atoms with Crippen LogP contribution in [-0.2, 0) is 24.4 Å². The van der Waals surface area contributed by atoms with Crippen molar-refractivity contribution in [1.29, 1.82) is 0 Å². The lowest BCUT2D eigenvalue weighted by molar-refractivity contribution is -0.121. The van der Waals surface area contributed by atoms with E-state index in [0.717, 1.165) is 4.57 Å². The van der Waals surface area contributed by atoms with Crippen LogP contribution >= 0.6 is 22.9 Å². The number of rotatable bonds is 5. The fourth-order valence-corrected chi connectivity index (χ4v) is 3.66. The SMILES string of the molecule is CCn1c(=O)c2sccc2n(CC(=O)NCc2ccc(F)c(Cl)c2)c1=O. The van der Waals surface area contributed by atoms with E-state index in [4.69, 9.17) is 11.6 Å². The first-order chi connectivity index (χ1) is 12.4. The van der Waals surface area contributed by atoms with Crippen molar-refractivity contribution in [2.24, 2.45) is 0 Å². The first kappa shape index (κ1) is 18.3. The maximum atomic E-state index is 13.2. The van der Waals surface area contributed by atoms with Gasteiger partial charge in [0, 0.05) is 13.1 Å². The third-order valence-electron chi connectivity index (χ3n) is 3.93. The Morgan fingerprint density at radius 3 is 2.73 bits per heavy atom. The predicted molar refractivity (Wildman–Crippen MR) is 99.3 cm³/mol. The molecule has 0 fully saturated rings. The number of carbonyl (C=O) groups excluding carboxylic acids is 1. The lowest BCUT2D eigenvalue weighted by Gasteiger charge is -2.11. The number of carbonyl (C=O) groups is 1. The van der Waals surface area contributed by atoms with Crippen molar-refractivity contribution in [2.45, 2.75) is 26.6 Å². The molecule has 0 saturated carbocycles. The molecule has 1 amide bonds. The van der Waals surface area contributed by atoms with Crippen molar-refractivity contribution in [3.05, 3.63) is 66.9 Å². The summed E-state index contributed by atoms with van der Waals surface area (Å²) < 4.78 is 16.0. The highest BCUT2D eigenvalue weighted by atomic mass is 35.5. The zero-order valence-electron chi connectivity index (χ0n) is 13.8. The molecule has 1 aromatic carbocycles. The molecule has 0 atom stereocenters. The Bertz CT molecular complexity index is 1100. The number of thiophene rings is 1. The van der Waals surface area contributed by atoms with Crippen LogP contribution in [0.1, 0.15) is 12.5 Å². The number of hydrogen-bond donors (Lipinski definition) is 1. The normalized spacial score (nSPS) is 11.0. The Morgan fingerprint density at radius 1 is 1.27 bits per heavy atom. The molecule has 3 rings (SSSR count). The maximum absolute atomic E-state index is 13.2. The van der Waals surface area contributed by atoms with Crippen LogP contribution in [0.5, 0.6) is 0 Å². The van der Waals surface area contributed by atoms with Gasteiger partial charge in [0.1, 0.15) is 17.1 Å². The van der Waals surface area contributed by atoms with Gasteiger partial charge in [-0.2, -0.15) is 0 Å². The molecular formula is C17H15ClFN3O3S. The van der Waals surface area contributed by atoms with E-state index in [1.807, 2.05) is 0 Å². The van der Waals surface area contributed by atoms with Crippen LogP contribution in [0.2, 0.25) is 5.02 Å². The van der Waals surface area contributed by atoms with E-state index in [1.54, 1.807) is 18.4 Å². The quantitative estimate of drug-likeness (QED) is 0.720. The first-order valence-electron chi connectivity index (χ1n) is 7.83. The summed E-state index contributed by atoms with van der Waals surface area (Å²) >= 11 is 6.95. The molecule has 0 aliphatic rings. The molecule has 1 N–H and O–H groups in total. The van der Waals surface area contributed by atoms with Crippen LogP contribution in [0.4, 0.5) is 4.39 Å². The van der Waals surface area contributed by atoms with Crippen LogP contribution in [-0.4, -0.2) is 15.0 Å². The van der Waals surface area contributed by atoms with Crippen molar-refractivity contribution in [3.8, 4) is 0 Å². The number of nitrogens with one attached hydrogen (secondary N) is 1. The number of aromatic nitrogens is 2. The number of hydrogen-bond acceptors (Lipinski definition) is 4. The van der Waals surface area contributed by atoms with Gasteiger partial charge in [0.05, 0.1) is 10.5 Å². The fraction of sp³-hybridized carbons (Fsp3) is 0.235. The second-order valence-corrected chi connectivity index (χ2v) is 6.90. The van der Waals surface area contributed by atoms with E-state index in [1.165, 1.54) is 34.1 Å². The van der Waals surface area contributed by atoms with Gasteiger partial charge in [-0.25, -0.2) is 9.18 Å². The van der Waals surface area contributed by atoms with E-state index >= 15 is 0 Å². The predicted octanol–water partition coefficient (Wildman–Crippen LogP) is 2.35. The van der Waals surface area contributed by atoms with Gasteiger partial charge in [0.25, 0.3) is 5.56 Å². The zero-order chi connectivity index (χ0) is 18.8. The van der Waals surface area contributed by atoms with Gasteiger partial charge in [-0.15, -0.1) is 11.3 Å². The third kappa shape index (κ3) is 3.42. The lowest BCUT2D eigenvalue weighted by Crippen LogP contribution is -2.41. The van der Waals surface area contributed by atoms with Gasteiger partial charge in [-0.3, -0.25) is 18.7 Å². The topological polar surface area (TPSA) is 73.1 Å². The molecule has 2 aromatic heterocycles. The Labute approximate surface area is 156 Å². The molecule has 26 heavy (non-hydrogen) atoms. The monoisotopic (exact) mass is 395 g/mol. The molecule has 0 saturated heterocycles. The molecule has 9 heteroatoms. The third-order valence-corrected chi connectivity index (χ3v) is 5.11. The molecule has 6 nitrogen and oxygen atoms in total. The second kappa shape index (κ2) is 7.43. The van der Waals surface area contributed by atoms with Crippen LogP contribution in [0.15, 0.2) is 39.2 Å². The van der Waals surface area contributed by atoms with Gasteiger partial charge >= 0.3 is 5.69 Å². The van der Waals surface area contributed by atoms with Gasteiger partial charge in [-0.05, 0) is 36.1 Å². The molecule has 136 valence electrons. The highest BCUT2D eigenvalue weighted by Crippen LogP contribution is 2.16. The van der Waals surface area contributed by atoms with E-state index in [2.05, 4.69) is 5.32 Å². The van der Waals surface area contributed by atoms with E-state index < -0.39 is 17.4 Å². The first-order valence-corrected chi connectivity index (χ1v) is 9.09. The summed E-state index contributed by atoms with van der Waals surface area (Å²) in [5, 5.41) is 4.35. The van der Waals surface area contributed by atoms with Crippen molar-refractivity contribution in [1.82, 2.24) is 14.5 Å². The van der Waals surface area contributed by atoms with Gasteiger partial charge in [-0.1, -0.05) is 17.7 Å². The molecule has 3 aromatic rings. The summed E-state index contributed by atoms with van der Waals surface area (Å²) in [6.07, 6.45) is 0. The number of halogens is 2. The minimum Gasteiger partial charge on any atom is -0.350 e. The average Bonchev–Trinajstić information content (AvgIpc) is 3.10. The Morgan fingerprint density at radius 2 is 2.04 bits per heavy atom. The number of amides is 1. The fourth-order valence-electron chi connectivity index (χ4n) is 2.61. The molecular weight excluding hydrogens is 381 g/mol. The van der Waals surface area contributed by atoms with E-state index in [0.29, 0.717) is 15.8 Å². The van der Waals surface area contributed by atoms with E-state index in [9.17, 15) is 18.8 Å². The minimum atomic E-state index is -0.532. The highest BCUT2D eigenvalue weighted by Gasteiger charge is 2.15. The van der Waals surface area contributed by atoms with Crippen LogP contribution in [0.3, 0.4) is 0 Å². The number of benzene rings is 1. The van der Waals surface area contributed by atoms with Crippen molar-refractivity contribution < 1.29 is 9.18 Å². The molecule has 0 unspecified atom stereocenters. The van der Waals surface area contributed by atoms with Crippen molar-refractivity contribution in [3.63, 3.8) is 0 Å². The summed E-state index contributed by atoms with van der Waals surface area (Å²) in [4.78, 5) is 37.1. The molecule has 0 aliphatic heterocycles. The lowest BCUT2D eigenvalue weighted by atomic mass is 10.2. The largest absolute Gasteiger partial charge is 0.350 e. The van der Waals surface area contributed by atoms with Gasteiger partial charge in [0.2, 0.25) is 5.91 Å². The number of nitrogens with zero attached hydrogens (tertiary/aromatic N) is 2. The Kier molecular flexibility index (Phi) is 5.24. The molecule has 0 aliphatic carbocycles. The van der Waals surface area contributed by atoms with Gasteiger partial charge in [0.15, 0.2) is 0 Å².